The van der Waals surface area contributed by atoms with Crippen LogP contribution in [0.2, 0.25) is 0 Å². The number of nitrogens with one attached hydrogen (secondary N) is 1. The number of nitrogens with zero attached hydrogens (tertiary/aromatic N) is 4. The molecule has 0 saturated heterocycles. The van der Waals surface area contributed by atoms with Crippen molar-refractivity contribution in [3.63, 3.8) is 0 Å². The molecule has 2 heterocycles. The van der Waals surface area contributed by atoms with Crippen LogP contribution < -0.4 is 5.32 Å². The van der Waals surface area contributed by atoms with E-state index < -0.39 is 4.92 Å². The third kappa shape index (κ3) is 2.99. The van der Waals surface area contributed by atoms with Gasteiger partial charge in [-0.05, 0) is 18.8 Å². The molecule has 0 aromatic carbocycles. The fraction of sp³-hybridized carbons (Fsp3) is 0.364. The zero-order valence-electron chi connectivity index (χ0n) is 11.0. The van der Waals surface area contributed by atoms with Crippen LogP contribution in [0.4, 0.5) is 11.5 Å². The van der Waals surface area contributed by atoms with Crippen LogP contribution >= 0.6 is 0 Å². The predicted molar refractivity (Wildman–Crippen MR) is 68.1 cm³/mol. The summed E-state index contributed by atoms with van der Waals surface area (Å²) >= 11 is 0. The summed E-state index contributed by atoms with van der Waals surface area (Å²) in [6.07, 6.45) is 1.60. The van der Waals surface area contributed by atoms with E-state index >= 15 is 0 Å². The SMILES string of the molecule is Cc1noc(C)c1NC(=O)CCn1ccc([N+](=O)[O-])n1. The maximum Gasteiger partial charge on any atom is 0.389 e. The number of carbonyl (C=O) groups is 1. The highest BCUT2D eigenvalue weighted by molar-refractivity contribution is 5.91. The van der Waals surface area contributed by atoms with Crippen LogP contribution in [0, 0.1) is 24.0 Å². The average Bonchev–Trinajstić information content (AvgIpc) is 2.98. The summed E-state index contributed by atoms with van der Waals surface area (Å²) in [5.74, 6) is 0.0549. The highest BCUT2D eigenvalue weighted by Gasteiger charge is 2.14. The second-order valence-corrected chi connectivity index (χ2v) is 4.19. The molecule has 0 spiro atoms. The first-order valence-corrected chi connectivity index (χ1v) is 5.88. The van der Waals surface area contributed by atoms with E-state index in [1.165, 1.54) is 16.9 Å². The van der Waals surface area contributed by atoms with Gasteiger partial charge in [0.15, 0.2) is 5.76 Å². The molecule has 0 saturated carbocycles. The van der Waals surface area contributed by atoms with Crippen molar-refractivity contribution in [2.24, 2.45) is 0 Å². The largest absolute Gasteiger partial charge is 0.389 e. The molecular weight excluding hydrogens is 266 g/mol. The van der Waals surface area contributed by atoms with Gasteiger partial charge in [-0.25, -0.2) is 0 Å². The summed E-state index contributed by atoms with van der Waals surface area (Å²) in [4.78, 5) is 21.7. The summed E-state index contributed by atoms with van der Waals surface area (Å²) in [6.45, 7) is 3.68. The Morgan fingerprint density at radius 1 is 1.55 bits per heavy atom. The number of anilines is 1. The molecule has 20 heavy (non-hydrogen) atoms. The standard InChI is InChI=1S/C11H13N5O4/c1-7-11(8(2)20-14-7)12-10(17)4-6-15-5-3-9(13-15)16(18)19/h3,5H,4,6H2,1-2H3,(H,12,17). The molecule has 2 rings (SSSR count). The van der Waals surface area contributed by atoms with Crippen molar-refractivity contribution in [1.82, 2.24) is 14.9 Å². The lowest BCUT2D eigenvalue weighted by Gasteiger charge is -2.03. The Bertz CT molecular complexity index is 626. The van der Waals surface area contributed by atoms with Crippen molar-refractivity contribution in [1.29, 1.82) is 0 Å². The Morgan fingerprint density at radius 3 is 2.85 bits per heavy atom. The molecule has 0 atom stereocenters. The van der Waals surface area contributed by atoms with Gasteiger partial charge in [0.05, 0.1) is 23.9 Å². The molecule has 2 aromatic rings. The van der Waals surface area contributed by atoms with Crippen LogP contribution in [0.25, 0.3) is 0 Å². The van der Waals surface area contributed by atoms with Gasteiger partial charge in [-0.1, -0.05) is 5.16 Å². The number of nitro groups is 1. The molecule has 0 aliphatic heterocycles. The first-order valence-electron chi connectivity index (χ1n) is 5.88. The summed E-state index contributed by atoms with van der Waals surface area (Å²) in [6, 6.07) is 1.28. The summed E-state index contributed by atoms with van der Waals surface area (Å²) in [7, 11) is 0. The van der Waals surface area contributed by atoms with Crippen LogP contribution in [0.1, 0.15) is 17.9 Å². The van der Waals surface area contributed by atoms with Gasteiger partial charge in [-0.15, -0.1) is 0 Å². The number of carbonyl (C=O) groups excluding carboxylic acids is 1. The molecule has 0 aliphatic rings. The monoisotopic (exact) mass is 279 g/mol. The lowest BCUT2D eigenvalue weighted by atomic mass is 10.3. The predicted octanol–water partition coefficient (Wildman–Crippen LogP) is 1.42. The van der Waals surface area contributed by atoms with E-state index in [9.17, 15) is 14.9 Å². The highest BCUT2D eigenvalue weighted by atomic mass is 16.6. The van der Waals surface area contributed by atoms with Gasteiger partial charge in [0, 0.05) is 6.42 Å². The van der Waals surface area contributed by atoms with Gasteiger partial charge in [0.2, 0.25) is 5.91 Å². The van der Waals surface area contributed by atoms with Crippen LogP contribution in [-0.2, 0) is 11.3 Å². The maximum absolute atomic E-state index is 11.8. The average molecular weight is 279 g/mol. The van der Waals surface area contributed by atoms with E-state index in [4.69, 9.17) is 4.52 Å². The molecule has 1 N–H and O–H groups in total. The van der Waals surface area contributed by atoms with Gasteiger partial charge >= 0.3 is 5.82 Å². The first kappa shape index (κ1) is 13.7. The smallest absolute Gasteiger partial charge is 0.359 e. The molecular formula is C11H13N5O4. The van der Waals surface area contributed by atoms with E-state index in [0.717, 1.165) is 0 Å². The minimum atomic E-state index is -0.583. The van der Waals surface area contributed by atoms with E-state index in [2.05, 4.69) is 15.6 Å². The van der Waals surface area contributed by atoms with Gasteiger partial charge in [-0.3, -0.25) is 4.79 Å². The molecule has 106 valence electrons. The number of aromatic nitrogens is 3. The van der Waals surface area contributed by atoms with Crippen molar-refractivity contribution >= 4 is 17.4 Å². The van der Waals surface area contributed by atoms with E-state index in [0.29, 0.717) is 17.1 Å². The van der Waals surface area contributed by atoms with Crippen LogP contribution in [0.15, 0.2) is 16.8 Å². The molecule has 1 amide bonds. The van der Waals surface area contributed by atoms with Crippen molar-refractivity contribution in [3.8, 4) is 0 Å². The number of aryl methyl sites for hydroxylation is 3. The molecule has 0 unspecified atom stereocenters. The number of rotatable bonds is 5. The van der Waals surface area contributed by atoms with Gasteiger partial charge < -0.3 is 20.0 Å². The van der Waals surface area contributed by atoms with E-state index in [-0.39, 0.29) is 24.7 Å². The molecule has 0 bridgehead atoms. The number of hydrogen-bond donors (Lipinski definition) is 1. The van der Waals surface area contributed by atoms with Crippen molar-refractivity contribution in [3.05, 3.63) is 33.8 Å². The molecule has 9 heteroatoms. The lowest BCUT2D eigenvalue weighted by Crippen LogP contribution is -2.15. The van der Waals surface area contributed by atoms with Crippen molar-refractivity contribution in [2.75, 3.05) is 5.32 Å². The first-order chi connectivity index (χ1) is 9.47. The Labute approximate surface area is 113 Å². The van der Waals surface area contributed by atoms with Crippen LogP contribution in [-0.4, -0.2) is 25.8 Å². The minimum absolute atomic E-state index is 0.142. The topological polar surface area (TPSA) is 116 Å². The normalized spacial score (nSPS) is 10.5. The molecule has 9 nitrogen and oxygen atoms in total. The maximum atomic E-state index is 11.8. The van der Waals surface area contributed by atoms with E-state index in [1.807, 2.05) is 0 Å². The summed E-state index contributed by atoms with van der Waals surface area (Å²) in [5, 5.41) is 20.6. The third-order valence-corrected chi connectivity index (χ3v) is 2.68. The zero-order chi connectivity index (χ0) is 14.7. The van der Waals surface area contributed by atoms with Crippen molar-refractivity contribution in [2.45, 2.75) is 26.8 Å². The number of amides is 1. The lowest BCUT2D eigenvalue weighted by molar-refractivity contribution is -0.389. The van der Waals surface area contributed by atoms with Crippen molar-refractivity contribution < 1.29 is 14.2 Å². The van der Waals surface area contributed by atoms with Crippen LogP contribution in [0.3, 0.4) is 0 Å². The zero-order valence-corrected chi connectivity index (χ0v) is 11.0. The van der Waals surface area contributed by atoms with Gasteiger partial charge in [0.25, 0.3) is 0 Å². The molecule has 2 aromatic heterocycles. The molecule has 0 aliphatic carbocycles. The second kappa shape index (κ2) is 5.51. The minimum Gasteiger partial charge on any atom is -0.359 e. The highest BCUT2D eigenvalue weighted by Crippen LogP contribution is 2.18. The fourth-order valence-electron chi connectivity index (χ4n) is 1.65. The van der Waals surface area contributed by atoms with Gasteiger partial charge in [0.1, 0.15) is 11.4 Å². The quantitative estimate of drug-likeness (QED) is 0.653. The Kier molecular flexibility index (Phi) is 3.78. The Hall–Kier alpha value is -2.71. The summed E-state index contributed by atoms with van der Waals surface area (Å²) < 4.78 is 6.28. The third-order valence-electron chi connectivity index (χ3n) is 2.68. The molecule has 0 radical (unpaired) electrons. The number of hydrogen-bond acceptors (Lipinski definition) is 6. The molecule has 0 fully saturated rings. The second-order valence-electron chi connectivity index (χ2n) is 4.19. The Morgan fingerprint density at radius 2 is 2.30 bits per heavy atom. The Balaban J connectivity index is 1.90. The summed E-state index contributed by atoms with van der Waals surface area (Å²) in [5.41, 5.74) is 1.16. The van der Waals surface area contributed by atoms with Crippen LogP contribution in [0.5, 0.6) is 0 Å². The van der Waals surface area contributed by atoms with Gasteiger partial charge in [-0.2, -0.15) is 4.68 Å². The fourth-order valence-corrected chi connectivity index (χ4v) is 1.65. The van der Waals surface area contributed by atoms with E-state index in [1.54, 1.807) is 13.8 Å².